The number of aromatic nitrogens is 2. The maximum Gasteiger partial charge on any atom is 0.221 e. The SMILES string of the molecule is CCOCC(Nc1ncnc(OC)c1C)C(C)C. The summed E-state index contributed by atoms with van der Waals surface area (Å²) in [4.78, 5) is 8.33. The molecule has 0 bridgehead atoms. The molecule has 5 heteroatoms. The third kappa shape index (κ3) is 3.84. The molecule has 18 heavy (non-hydrogen) atoms. The first-order valence-corrected chi connectivity index (χ1v) is 6.30. The normalized spacial score (nSPS) is 12.6. The maximum atomic E-state index is 5.49. The lowest BCUT2D eigenvalue weighted by atomic mass is 10.1. The second kappa shape index (κ2) is 7.16. The van der Waals surface area contributed by atoms with Crippen LogP contribution in [0.4, 0.5) is 5.82 Å². The van der Waals surface area contributed by atoms with E-state index in [0.29, 0.717) is 18.4 Å². The van der Waals surface area contributed by atoms with Crippen LogP contribution in [0.15, 0.2) is 6.33 Å². The summed E-state index contributed by atoms with van der Waals surface area (Å²) in [7, 11) is 1.61. The van der Waals surface area contributed by atoms with Crippen molar-refractivity contribution >= 4 is 5.82 Å². The molecule has 1 rings (SSSR count). The largest absolute Gasteiger partial charge is 0.481 e. The van der Waals surface area contributed by atoms with E-state index >= 15 is 0 Å². The van der Waals surface area contributed by atoms with Crippen molar-refractivity contribution in [2.45, 2.75) is 33.7 Å². The minimum Gasteiger partial charge on any atom is -0.481 e. The molecule has 1 heterocycles. The van der Waals surface area contributed by atoms with Crippen LogP contribution in [-0.2, 0) is 4.74 Å². The highest BCUT2D eigenvalue weighted by molar-refractivity contribution is 5.48. The zero-order chi connectivity index (χ0) is 13.5. The minimum absolute atomic E-state index is 0.225. The molecule has 1 unspecified atom stereocenters. The molecule has 0 aliphatic carbocycles. The van der Waals surface area contributed by atoms with E-state index in [9.17, 15) is 0 Å². The first-order valence-electron chi connectivity index (χ1n) is 6.30. The lowest BCUT2D eigenvalue weighted by Gasteiger charge is -2.23. The molecule has 0 aliphatic rings. The molecule has 0 saturated carbocycles. The molecule has 0 fully saturated rings. The van der Waals surface area contributed by atoms with Crippen LogP contribution in [0.3, 0.4) is 0 Å². The number of methoxy groups -OCH3 is 1. The predicted molar refractivity (Wildman–Crippen MR) is 72.1 cm³/mol. The van der Waals surface area contributed by atoms with Gasteiger partial charge >= 0.3 is 0 Å². The van der Waals surface area contributed by atoms with E-state index in [-0.39, 0.29) is 6.04 Å². The molecule has 0 spiro atoms. The first kappa shape index (κ1) is 14.7. The molecule has 1 aromatic heterocycles. The van der Waals surface area contributed by atoms with Gasteiger partial charge in [0.25, 0.3) is 0 Å². The Labute approximate surface area is 109 Å². The molecular formula is C13H23N3O2. The van der Waals surface area contributed by atoms with Crippen LogP contribution in [0.1, 0.15) is 26.3 Å². The van der Waals surface area contributed by atoms with Gasteiger partial charge in [-0.15, -0.1) is 0 Å². The summed E-state index contributed by atoms with van der Waals surface area (Å²) in [6.45, 7) is 9.64. The monoisotopic (exact) mass is 253 g/mol. The van der Waals surface area contributed by atoms with Crippen molar-refractivity contribution in [1.82, 2.24) is 9.97 Å². The van der Waals surface area contributed by atoms with Gasteiger partial charge in [0.2, 0.25) is 5.88 Å². The molecule has 102 valence electrons. The van der Waals surface area contributed by atoms with E-state index in [1.165, 1.54) is 6.33 Å². The average Bonchev–Trinajstić information content (AvgIpc) is 2.36. The number of rotatable bonds is 7. The first-order chi connectivity index (χ1) is 8.60. The van der Waals surface area contributed by atoms with E-state index in [0.717, 1.165) is 18.0 Å². The van der Waals surface area contributed by atoms with Gasteiger partial charge in [0.05, 0.1) is 25.3 Å². The Morgan fingerprint density at radius 1 is 1.33 bits per heavy atom. The Morgan fingerprint density at radius 2 is 2.06 bits per heavy atom. The highest BCUT2D eigenvalue weighted by Crippen LogP contribution is 2.21. The fraction of sp³-hybridized carbons (Fsp3) is 0.692. The quantitative estimate of drug-likeness (QED) is 0.807. The minimum atomic E-state index is 0.225. The molecule has 5 nitrogen and oxygen atoms in total. The van der Waals surface area contributed by atoms with E-state index in [4.69, 9.17) is 9.47 Å². The van der Waals surface area contributed by atoms with Crippen molar-refractivity contribution < 1.29 is 9.47 Å². The van der Waals surface area contributed by atoms with Crippen molar-refractivity contribution in [3.63, 3.8) is 0 Å². The summed E-state index contributed by atoms with van der Waals surface area (Å²) < 4.78 is 10.7. The summed E-state index contributed by atoms with van der Waals surface area (Å²) in [5.74, 6) is 1.86. The lowest BCUT2D eigenvalue weighted by Crippen LogP contribution is -2.31. The zero-order valence-electron chi connectivity index (χ0n) is 11.9. The number of nitrogens with zero attached hydrogens (tertiary/aromatic N) is 2. The molecule has 0 radical (unpaired) electrons. The molecule has 0 saturated heterocycles. The van der Waals surface area contributed by atoms with Crippen molar-refractivity contribution in [2.24, 2.45) is 5.92 Å². The molecule has 0 aromatic carbocycles. The van der Waals surface area contributed by atoms with Crippen molar-refractivity contribution in [3.8, 4) is 5.88 Å². The maximum absolute atomic E-state index is 5.49. The average molecular weight is 253 g/mol. The summed E-state index contributed by atoms with van der Waals surface area (Å²) >= 11 is 0. The number of nitrogens with one attached hydrogen (secondary N) is 1. The standard InChI is InChI=1S/C13H23N3O2/c1-6-18-7-11(9(2)3)16-12-10(4)13(17-5)15-8-14-12/h8-9,11H,6-7H2,1-5H3,(H,14,15,16). The van der Waals surface area contributed by atoms with E-state index in [1.807, 2.05) is 13.8 Å². The smallest absolute Gasteiger partial charge is 0.221 e. The summed E-state index contributed by atoms with van der Waals surface area (Å²) in [5, 5.41) is 3.40. The summed E-state index contributed by atoms with van der Waals surface area (Å²) in [5.41, 5.74) is 0.919. The second-order valence-electron chi connectivity index (χ2n) is 4.51. The van der Waals surface area contributed by atoms with Gasteiger partial charge in [0.1, 0.15) is 12.1 Å². The number of ether oxygens (including phenoxy) is 2. The van der Waals surface area contributed by atoms with Gasteiger partial charge in [-0.3, -0.25) is 0 Å². The molecule has 1 N–H and O–H groups in total. The van der Waals surface area contributed by atoms with E-state index in [2.05, 4.69) is 29.1 Å². The third-order valence-electron chi connectivity index (χ3n) is 2.86. The zero-order valence-corrected chi connectivity index (χ0v) is 11.9. The van der Waals surface area contributed by atoms with Crippen LogP contribution >= 0.6 is 0 Å². The van der Waals surface area contributed by atoms with Gasteiger partial charge in [-0.25, -0.2) is 9.97 Å². The van der Waals surface area contributed by atoms with Crippen molar-refractivity contribution in [3.05, 3.63) is 11.9 Å². The van der Waals surface area contributed by atoms with Gasteiger partial charge in [-0.2, -0.15) is 0 Å². The van der Waals surface area contributed by atoms with Crippen LogP contribution in [0.5, 0.6) is 5.88 Å². The van der Waals surface area contributed by atoms with Crippen LogP contribution in [0, 0.1) is 12.8 Å². The number of hydrogen-bond acceptors (Lipinski definition) is 5. The Morgan fingerprint density at radius 3 is 2.61 bits per heavy atom. The van der Waals surface area contributed by atoms with Gasteiger partial charge in [-0.05, 0) is 19.8 Å². The molecular weight excluding hydrogens is 230 g/mol. The predicted octanol–water partition coefficient (Wildman–Crippen LogP) is 2.27. The Balaban J connectivity index is 2.80. The molecule has 1 aromatic rings. The van der Waals surface area contributed by atoms with Gasteiger partial charge < -0.3 is 14.8 Å². The van der Waals surface area contributed by atoms with E-state index < -0.39 is 0 Å². The Kier molecular flexibility index (Phi) is 5.85. The Bertz CT molecular complexity index is 369. The fourth-order valence-corrected chi connectivity index (χ4v) is 1.61. The molecule has 0 aliphatic heterocycles. The molecule has 1 atom stereocenters. The molecule has 0 amide bonds. The number of hydrogen-bond donors (Lipinski definition) is 1. The van der Waals surface area contributed by atoms with Crippen molar-refractivity contribution in [1.29, 1.82) is 0 Å². The summed E-state index contributed by atoms with van der Waals surface area (Å²) in [6.07, 6.45) is 1.51. The van der Waals surface area contributed by atoms with Crippen LogP contribution in [0.2, 0.25) is 0 Å². The fourth-order valence-electron chi connectivity index (χ4n) is 1.61. The highest BCUT2D eigenvalue weighted by atomic mass is 16.5. The van der Waals surface area contributed by atoms with E-state index in [1.54, 1.807) is 7.11 Å². The second-order valence-corrected chi connectivity index (χ2v) is 4.51. The van der Waals surface area contributed by atoms with Crippen LogP contribution in [-0.4, -0.2) is 36.3 Å². The lowest BCUT2D eigenvalue weighted by molar-refractivity contribution is 0.126. The third-order valence-corrected chi connectivity index (χ3v) is 2.86. The number of anilines is 1. The summed E-state index contributed by atoms with van der Waals surface area (Å²) in [6, 6.07) is 0.225. The highest BCUT2D eigenvalue weighted by Gasteiger charge is 2.16. The Hall–Kier alpha value is -1.36. The van der Waals surface area contributed by atoms with Crippen LogP contribution < -0.4 is 10.1 Å². The topological polar surface area (TPSA) is 56.3 Å². The van der Waals surface area contributed by atoms with Gasteiger partial charge in [0, 0.05) is 6.61 Å². The van der Waals surface area contributed by atoms with Gasteiger partial charge in [-0.1, -0.05) is 13.8 Å². The van der Waals surface area contributed by atoms with Crippen molar-refractivity contribution in [2.75, 3.05) is 25.6 Å². The van der Waals surface area contributed by atoms with Crippen LogP contribution in [0.25, 0.3) is 0 Å². The van der Waals surface area contributed by atoms with Gasteiger partial charge in [0.15, 0.2) is 0 Å².